The first-order valence-electron chi connectivity index (χ1n) is 3.62. The van der Waals surface area contributed by atoms with Crippen molar-refractivity contribution in [2.75, 3.05) is 0 Å². The Labute approximate surface area is 76.7 Å². The number of aldehydes is 1. The Kier molecular flexibility index (Phi) is 3.06. The lowest BCUT2D eigenvalue weighted by atomic mass is 10.1. The number of hydrogen-bond acceptors (Lipinski definition) is 1. The van der Waals surface area contributed by atoms with Crippen molar-refractivity contribution < 1.29 is 4.79 Å². The van der Waals surface area contributed by atoms with E-state index in [2.05, 4.69) is 0 Å². The zero-order valence-electron chi connectivity index (χ0n) is 6.75. The summed E-state index contributed by atoms with van der Waals surface area (Å²) >= 11 is 5.90. The van der Waals surface area contributed by atoms with Gasteiger partial charge in [0.1, 0.15) is 6.29 Å². The molecule has 0 aromatic heterocycles. The van der Waals surface area contributed by atoms with E-state index in [4.69, 9.17) is 11.6 Å². The number of carbonyl (C=O) groups excluding carboxylic acids is 1. The summed E-state index contributed by atoms with van der Waals surface area (Å²) in [7, 11) is 0. The van der Waals surface area contributed by atoms with Crippen molar-refractivity contribution in [3.63, 3.8) is 0 Å². The summed E-state index contributed by atoms with van der Waals surface area (Å²) in [5, 5.41) is 0.674. The van der Waals surface area contributed by atoms with Crippen molar-refractivity contribution in [2.45, 2.75) is 6.92 Å². The lowest BCUT2D eigenvalue weighted by molar-refractivity contribution is -0.104. The SMILES string of the molecule is Cc1cccc(Cl)c1/C=C/C=O. The van der Waals surface area contributed by atoms with E-state index >= 15 is 0 Å². The molecule has 0 bridgehead atoms. The fourth-order valence-electron chi connectivity index (χ4n) is 0.991. The molecule has 0 radical (unpaired) electrons. The van der Waals surface area contributed by atoms with Gasteiger partial charge in [-0.2, -0.15) is 0 Å². The fourth-order valence-corrected chi connectivity index (χ4v) is 1.28. The Morgan fingerprint density at radius 1 is 1.42 bits per heavy atom. The molecule has 0 aliphatic carbocycles. The van der Waals surface area contributed by atoms with Gasteiger partial charge >= 0.3 is 0 Å². The first-order chi connectivity index (χ1) is 5.75. The summed E-state index contributed by atoms with van der Waals surface area (Å²) in [6.45, 7) is 1.95. The summed E-state index contributed by atoms with van der Waals surface area (Å²) in [5.74, 6) is 0. The number of carbonyl (C=O) groups is 1. The van der Waals surface area contributed by atoms with Gasteiger partial charge in [0, 0.05) is 5.02 Å². The highest BCUT2D eigenvalue weighted by molar-refractivity contribution is 6.32. The minimum Gasteiger partial charge on any atom is -0.299 e. The highest BCUT2D eigenvalue weighted by Gasteiger charge is 1.97. The minimum absolute atomic E-state index is 0.674. The van der Waals surface area contributed by atoms with Crippen LogP contribution < -0.4 is 0 Å². The van der Waals surface area contributed by atoms with Crippen LogP contribution in [0.15, 0.2) is 24.3 Å². The third kappa shape index (κ3) is 1.95. The van der Waals surface area contributed by atoms with E-state index in [-0.39, 0.29) is 0 Å². The molecule has 0 N–H and O–H groups in total. The number of benzene rings is 1. The number of hydrogen-bond donors (Lipinski definition) is 0. The molecule has 0 amide bonds. The molecule has 1 aromatic rings. The van der Waals surface area contributed by atoms with Crippen LogP contribution in [0.1, 0.15) is 11.1 Å². The van der Waals surface area contributed by atoms with E-state index in [1.54, 1.807) is 12.1 Å². The number of rotatable bonds is 2. The molecule has 0 spiro atoms. The molecule has 0 saturated heterocycles. The smallest absolute Gasteiger partial charge is 0.142 e. The molecule has 0 atom stereocenters. The molecule has 0 aliphatic rings. The molecule has 0 aliphatic heterocycles. The summed E-state index contributed by atoms with van der Waals surface area (Å²) in [6, 6.07) is 5.64. The lowest BCUT2D eigenvalue weighted by Crippen LogP contribution is -1.81. The summed E-state index contributed by atoms with van der Waals surface area (Å²) < 4.78 is 0. The van der Waals surface area contributed by atoms with Crippen LogP contribution in [0.2, 0.25) is 5.02 Å². The van der Waals surface area contributed by atoms with Gasteiger partial charge in [-0.1, -0.05) is 23.7 Å². The maximum Gasteiger partial charge on any atom is 0.142 e. The van der Waals surface area contributed by atoms with Crippen molar-refractivity contribution in [2.24, 2.45) is 0 Å². The van der Waals surface area contributed by atoms with Gasteiger partial charge in [0.15, 0.2) is 0 Å². The Bertz CT molecular complexity index is 295. The second-order valence-electron chi connectivity index (χ2n) is 2.47. The molecule has 0 fully saturated rings. The predicted molar refractivity (Wildman–Crippen MR) is 51.3 cm³/mol. The standard InChI is InChI=1S/C10H9ClO/c1-8-4-2-6-10(11)9(8)5-3-7-12/h2-7H,1H3/b5-3+. The summed E-state index contributed by atoms with van der Waals surface area (Å²) in [6.07, 6.45) is 3.89. The molecular formula is C10H9ClO. The van der Waals surface area contributed by atoms with Gasteiger partial charge in [-0.15, -0.1) is 0 Å². The van der Waals surface area contributed by atoms with Crippen molar-refractivity contribution in [3.05, 3.63) is 40.4 Å². The molecule has 1 nitrogen and oxygen atoms in total. The predicted octanol–water partition coefficient (Wildman–Crippen LogP) is 2.86. The molecule has 12 heavy (non-hydrogen) atoms. The van der Waals surface area contributed by atoms with Crippen molar-refractivity contribution in [3.8, 4) is 0 Å². The molecule has 1 aromatic carbocycles. The summed E-state index contributed by atoms with van der Waals surface area (Å²) in [4.78, 5) is 10.1. The third-order valence-corrected chi connectivity index (χ3v) is 1.94. The minimum atomic E-state index is 0.674. The second-order valence-corrected chi connectivity index (χ2v) is 2.87. The van der Waals surface area contributed by atoms with Gasteiger partial charge in [0.2, 0.25) is 0 Å². The highest BCUT2D eigenvalue weighted by atomic mass is 35.5. The number of allylic oxidation sites excluding steroid dienone is 1. The van der Waals surface area contributed by atoms with Gasteiger partial charge in [0.25, 0.3) is 0 Å². The van der Waals surface area contributed by atoms with E-state index < -0.39 is 0 Å². The van der Waals surface area contributed by atoms with Crippen LogP contribution >= 0.6 is 11.6 Å². The van der Waals surface area contributed by atoms with E-state index in [0.29, 0.717) is 5.02 Å². The van der Waals surface area contributed by atoms with Crippen LogP contribution in [0.5, 0.6) is 0 Å². The highest BCUT2D eigenvalue weighted by Crippen LogP contribution is 2.20. The Balaban J connectivity index is 3.12. The zero-order chi connectivity index (χ0) is 8.97. The molecule has 0 heterocycles. The largest absolute Gasteiger partial charge is 0.299 e. The van der Waals surface area contributed by atoms with Gasteiger partial charge in [-0.25, -0.2) is 0 Å². The topological polar surface area (TPSA) is 17.1 Å². The van der Waals surface area contributed by atoms with Gasteiger partial charge in [-0.3, -0.25) is 4.79 Å². The zero-order valence-corrected chi connectivity index (χ0v) is 7.51. The van der Waals surface area contributed by atoms with Crippen LogP contribution in [0.3, 0.4) is 0 Å². The van der Waals surface area contributed by atoms with Gasteiger partial charge < -0.3 is 0 Å². The third-order valence-electron chi connectivity index (χ3n) is 1.61. The normalized spacial score (nSPS) is 10.5. The van der Waals surface area contributed by atoms with Gasteiger partial charge in [0.05, 0.1) is 0 Å². The Hall–Kier alpha value is -1.08. The molecule has 62 valence electrons. The molecular weight excluding hydrogens is 172 g/mol. The Morgan fingerprint density at radius 2 is 2.17 bits per heavy atom. The average Bonchev–Trinajstić information content (AvgIpc) is 2.04. The van der Waals surface area contributed by atoms with Crippen molar-refractivity contribution >= 4 is 24.0 Å². The van der Waals surface area contributed by atoms with Crippen LogP contribution in [0, 0.1) is 6.92 Å². The maximum atomic E-state index is 10.1. The molecule has 1 rings (SSSR count). The Morgan fingerprint density at radius 3 is 2.75 bits per heavy atom. The summed E-state index contributed by atoms with van der Waals surface area (Å²) in [5.41, 5.74) is 1.98. The molecule has 0 unspecified atom stereocenters. The van der Waals surface area contributed by atoms with E-state index in [9.17, 15) is 4.79 Å². The van der Waals surface area contributed by atoms with Crippen LogP contribution in [-0.2, 0) is 4.79 Å². The van der Waals surface area contributed by atoms with Gasteiger partial charge in [-0.05, 0) is 36.3 Å². The quantitative estimate of drug-likeness (QED) is 0.505. The number of halogens is 1. The first kappa shape index (κ1) is 9.01. The monoisotopic (exact) mass is 180 g/mol. The fraction of sp³-hybridized carbons (Fsp3) is 0.100. The van der Waals surface area contributed by atoms with Crippen LogP contribution in [0.4, 0.5) is 0 Å². The lowest BCUT2D eigenvalue weighted by Gasteiger charge is -2.00. The maximum absolute atomic E-state index is 10.1. The average molecular weight is 181 g/mol. The van der Waals surface area contributed by atoms with Crippen molar-refractivity contribution in [1.29, 1.82) is 0 Å². The van der Waals surface area contributed by atoms with E-state index in [0.717, 1.165) is 17.4 Å². The van der Waals surface area contributed by atoms with Crippen LogP contribution in [0.25, 0.3) is 6.08 Å². The van der Waals surface area contributed by atoms with E-state index in [1.807, 2.05) is 19.1 Å². The van der Waals surface area contributed by atoms with E-state index in [1.165, 1.54) is 6.08 Å². The second kappa shape index (κ2) is 4.07. The van der Waals surface area contributed by atoms with Crippen molar-refractivity contribution in [1.82, 2.24) is 0 Å². The first-order valence-corrected chi connectivity index (χ1v) is 4.00. The van der Waals surface area contributed by atoms with Crippen LogP contribution in [-0.4, -0.2) is 6.29 Å². The molecule has 0 saturated carbocycles. The molecule has 2 heteroatoms. The number of aryl methyl sites for hydroxylation is 1.